The molecule has 2 rings (SSSR count). The number of aromatic nitrogens is 1. The first-order chi connectivity index (χ1) is 6.98. The summed E-state index contributed by atoms with van der Waals surface area (Å²) in [5.41, 5.74) is 1.75. The molecule has 2 aromatic rings. The van der Waals surface area contributed by atoms with Crippen LogP contribution in [0.1, 0.15) is 26.3 Å². The van der Waals surface area contributed by atoms with Crippen molar-refractivity contribution >= 4 is 10.9 Å². The van der Waals surface area contributed by atoms with Gasteiger partial charge < -0.3 is 5.11 Å². The van der Waals surface area contributed by atoms with E-state index in [0.717, 1.165) is 16.5 Å². The summed E-state index contributed by atoms with van der Waals surface area (Å²) < 4.78 is 0. The molecule has 2 nitrogen and oxygen atoms in total. The van der Waals surface area contributed by atoms with Gasteiger partial charge >= 0.3 is 0 Å². The highest BCUT2D eigenvalue weighted by Crippen LogP contribution is 2.33. The zero-order chi connectivity index (χ0) is 11.1. The second kappa shape index (κ2) is 3.23. The molecule has 78 valence electrons. The van der Waals surface area contributed by atoms with Crippen molar-refractivity contribution < 1.29 is 5.11 Å². The van der Waals surface area contributed by atoms with Gasteiger partial charge in [-0.2, -0.15) is 0 Å². The Balaban J connectivity index is 2.73. The Labute approximate surface area is 89.6 Å². The van der Waals surface area contributed by atoms with Crippen LogP contribution >= 0.6 is 0 Å². The summed E-state index contributed by atoms with van der Waals surface area (Å²) >= 11 is 0. The van der Waals surface area contributed by atoms with Crippen molar-refractivity contribution in [1.82, 2.24) is 4.98 Å². The Hall–Kier alpha value is -1.57. The summed E-state index contributed by atoms with van der Waals surface area (Å²) in [5, 5.41) is 11.0. The molecule has 0 atom stereocenters. The lowest BCUT2D eigenvalue weighted by Gasteiger charge is -2.20. The zero-order valence-electron chi connectivity index (χ0n) is 9.28. The fraction of sp³-hybridized carbons (Fsp3) is 0.308. The molecule has 1 heterocycles. The predicted molar refractivity (Wildman–Crippen MR) is 62.1 cm³/mol. The lowest BCUT2D eigenvalue weighted by molar-refractivity contribution is 0.447. The van der Waals surface area contributed by atoms with Crippen LogP contribution in [0.5, 0.6) is 5.75 Å². The summed E-state index contributed by atoms with van der Waals surface area (Å²) in [6.45, 7) is 6.26. The molecule has 0 spiro atoms. The fourth-order valence-electron chi connectivity index (χ4n) is 1.71. The highest BCUT2D eigenvalue weighted by atomic mass is 16.3. The largest absolute Gasteiger partial charge is 0.508 e. The first kappa shape index (κ1) is 9.97. The molecule has 0 aliphatic carbocycles. The van der Waals surface area contributed by atoms with Gasteiger partial charge in [-0.05, 0) is 23.1 Å². The van der Waals surface area contributed by atoms with Crippen molar-refractivity contribution in [1.29, 1.82) is 0 Å². The van der Waals surface area contributed by atoms with E-state index in [1.165, 1.54) is 0 Å². The summed E-state index contributed by atoms with van der Waals surface area (Å²) in [5.74, 6) is 0.328. The summed E-state index contributed by atoms with van der Waals surface area (Å²) in [7, 11) is 0. The second-order valence-corrected chi connectivity index (χ2v) is 4.82. The zero-order valence-corrected chi connectivity index (χ0v) is 9.28. The summed E-state index contributed by atoms with van der Waals surface area (Å²) in [4.78, 5) is 4.21. The Morgan fingerprint density at radius 2 is 1.93 bits per heavy atom. The maximum absolute atomic E-state index is 9.90. The molecule has 0 unspecified atom stereocenters. The van der Waals surface area contributed by atoms with Gasteiger partial charge in [0.2, 0.25) is 0 Å². The van der Waals surface area contributed by atoms with Crippen molar-refractivity contribution in [3.8, 4) is 5.75 Å². The number of nitrogens with zero attached hydrogens (tertiary/aromatic N) is 1. The maximum Gasteiger partial charge on any atom is 0.121 e. The van der Waals surface area contributed by atoms with E-state index in [1.807, 2.05) is 18.2 Å². The van der Waals surface area contributed by atoms with Crippen LogP contribution in [0.25, 0.3) is 10.9 Å². The number of phenols is 1. The number of hydrogen-bond acceptors (Lipinski definition) is 2. The first-order valence-corrected chi connectivity index (χ1v) is 5.07. The quantitative estimate of drug-likeness (QED) is 0.709. The van der Waals surface area contributed by atoms with E-state index >= 15 is 0 Å². The van der Waals surface area contributed by atoms with Crippen molar-refractivity contribution in [2.45, 2.75) is 26.2 Å². The number of fused-ring (bicyclic) bond motifs is 1. The second-order valence-electron chi connectivity index (χ2n) is 4.82. The van der Waals surface area contributed by atoms with E-state index in [1.54, 1.807) is 12.3 Å². The van der Waals surface area contributed by atoms with E-state index < -0.39 is 0 Å². The highest BCUT2D eigenvalue weighted by molar-refractivity contribution is 5.81. The topological polar surface area (TPSA) is 33.1 Å². The molecule has 2 heteroatoms. The molecule has 0 saturated heterocycles. The Bertz CT molecular complexity index is 497. The van der Waals surface area contributed by atoms with Gasteiger partial charge in [0, 0.05) is 17.6 Å². The van der Waals surface area contributed by atoms with Crippen LogP contribution in [-0.2, 0) is 5.41 Å². The molecule has 0 fully saturated rings. The third-order valence-corrected chi connectivity index (χ3v) is 2.53. The normalized spacial score (nSPS) is 11.9. The molecular formula is C13H15NO. The van der Waals surface area contributed by atoms with E-state index in [0.29, 0.717) is 5.75 Å². The van der Waals surface area contributed by atoms with Crippen molar-refractivity contribution in [2.24, 2.45) is 0 Å². The average molecular weight is 201 g/mol. The molecule has 0 radical (unpaired) electrons. The molecular weight excluding hydrogens is 186 g/mol. The van der Waals surface area contributed by atoms with E-state index in [2.05, 4.69) is 25.8 Å². The Morgan fingerprint density at radius 3 is 2.60 bits per heavy atom. The molecule has 15 heavy (non-hydrogen) atoms. The standard InChI is InChI=1S/C13H15NO/c1-13(2,3)10-7-9-5-4-6-14-11(9)8-12(10)15/h4-8,15H,1-3H3. The minimum absolute atomic E-state index is 0.0475. The van der Waals surface area contributed by atoms with Crippen LogP contribution in [0.2, 0.25) is 0 Å². The SMILES string of the molecule is CC(C)(C)c1cc2cccnc2cc1O. The molecule has 0 bridgehead atoms. The minimum atomic E-state index is -0.0475. The average Bonchev–Trinajstić information content (AvgIpc) is 2.15. The smallest absolute Gasteiger partial charge is 0.121 e. The number of aromatic hydroxyl groups is 1. The van der Waals surface area contributed by atoms with Gasteiger partial charge in [0.15, 0.2) is 0 Å². The maximum atomic E-state index is 9.90. The monoisotopic (exact) mass is 201 g/mol. The molecule has 0 aliphatic rings. The van der Waals surface area contributed by atoms with Crippen LogP contribution in [0, 0.1) is 0 Å². The number of rotatable bonds is 0. The third kappa shape index (κ3) is 1.80. The van der Waals surface area contributed by atoms with E-state index in [-0.39, 0.29) is 5.41 Å². The Morgan fingerprint density at radius 1 is 1.20 bits per heavy atom. The Kier molecular flexibility index (Phi) is 2.14. The number of phenolic OH excluding ortho intramolecular Hbond substituents is 1. The fourth-order valence-corrected chi connectivity index (χ4v) is 1.71. The molecule has 0 saturated carbocycles. The number of benzene rings is 1. The lowest BCUT2D eigenvalue weighted by atomic mass is 9.85. The van der Waals surface area contributed by atoms with Gasteiger partial charge in [-0.1, -0.05) is 26.8 Å². The van der Waals surface area contributed by atoms with Gasteiger partial charge in [0.25, 0.3) is 0 Å². The van der Waals surface area contributed by atoms with Gasteiger partial charge in [0.05, 0.1) is 5.52 Å². The number of hydrogen-bond donors (Lipinski definition) is 1. The number of pyridine rings is 1. The summed E-state index contributed by atoms with van der Waals surface area (Å²) in [6.07, 6.45) is 1.73. The summed E-state index contributed by atoms with van der Waals surface area (Å²) in [6, 6.07) is 7.66. The van der Waals surface area contributed by atoms with Gasteiger partial charge in [-0.3, -0.25) is 4.98 Å². The van der Waals surface area contributed by atoms with Gasteiger partial charge in [0.1, 0.15) is 5.75 Å². The highest BCUT2D eigenvalue weighted by Gasteiger charge is 2.18. The van der Waals surface area contributed by atoms with Crippen LogP contribution in [0.3, 0.4) is 0 Å². The van der Waals surface area contributed by atoms with Gasteiger partial charge in [-0.15, -0.1) is 0 Å². The van der Waals surface area contributed by atoms with E-state index in [4.69, 9.17) is 0 Å². The lowest BCUT2D eigenvalue weighted by Crippen LogP contribution is -2.11. The molecule has 1 N–H and O–H groups in total. The van der Waals surface area contributed by atoms with Crippen LogP contribution in [0.4, 0.5) is 0 Å². The minimum Gasteiger partial charge on any atom is -0.508 e. The predicted octanol–water partition coefficient (Wildman–Crippen LogP) is 3.24. The van der Waals surface area contributed by atoms with Crippen molar-refractivity contribution in [3.63, 3.8) is 0 Å². The molecule has 1 aromatic heterocycles. The first-order valence-electron chi connectivity index (χ1n) is 5.07. The van der Waals surface area contributed by atoms with E-state index in [9.17, 15) is 5.11 Å². The van der Waals surface area contributed by atoms with Crippen LogP contribution in [0.15, 0.2) is 30.5 Å². The van der Waals surface area contributed by atoms with Crippen molar-refractivity contribution in [2.75, 3.05) is 0 Å². The van der Waals surface area contributed by atoms with Gasteiger partial charge in [-0.25, -0.2) is 0 Å². The van der Waals surface area contributed by atoms with Crippen molar-refractivity contribution in [3.05, 3.63) is 36.0 Å². The van der Waals surface area contributed by atoms with Crippen LogP contribution < -0.4 is 0 Å². The molecule has 1 aromatic carbocycles. The third-order valence-electron chi connectivity index (χ3n) is 2.53. The molecule has 0 amide bonds. The van der Waals surface area contributed by atoms with Crippen LogP contribution in [-0.4, -0.2) is 10.1 Å². The molecule has 0 aliphatic heterocycles.